The molecule has 0 aliphatic rings. The van der Waals surface area contributed by atoms with Crippen LogP contribution in [0.5, 0.6) is 0 Å². The largest absolute Gasteiger partial charge is 0.363 e. The molecule has 1 rings (SSSR count). The Kier molecular flexibility index (Phi) is 8.23. The lowest BCUT2D eigenvalue weighted by Crippen LogP contribution is -2.00. The average molecular weight is 477 g/mol. The molecular weight excluding hydrogens is 461 g/mol. The Balaban J connectivity index is 2.38. The van der Waals surface area contributed by atoms with Gasteiger partial charge < -0.3 is 4.74 Å². The highest BCUT2D eigenvalue weighted by atomic mass is 127. The van der Waals surface area contributed by atoms with Crippen LogP contribution in [-0.4, -0.2) is 11.6 Å². The number of ether oxygens (including phenoxy) is 1. The van der Waals surface area contributed by atoms with Crippen molar-refractivity contribution in [1.29, 1.82) is 0 Å². The summed E-state index contributed by atoms with van der Waals surface area (Å²) in [5.41, 5.74) is 1.13. The first kappa shape index (κ1) is 15.9. The number of halogens is 3. The summed E-state index contributed by atoms with van der Waals surface area (Å²) >= 11 is 9.08. The molecule has 0 aromatic carbocycles. The third kappa shape index (κ3) is 6.50. The van der Waals surface area contributed by atoms with E-state index in [-0.39, 0.29) is 4.11 Å². The van der Waals surface area contributed by atoms with Gasteiger partial charge in [0, 0.05) is 6.61 Å². The molecule has 0 N–H and O–H groups in total. The van der Waals surface area contributed by atoms with Crippen LogP contribution in [0.1, 0.15) is 42.3 Å². The predicted molar refractivity (Wildman–Crippen MR) is 86.5 cm³/mol. The molecule has 0 aliphatic heterocycles. The van der Waals surface area contributed by atoms with E-state index >= 15 is 0 Å². The summed E-state index contributed by atoms with van der Waals surface area (Å²) in [5.74, 6) is 0. The van der Waals surface area contributed by atoms with Gasteiger partial charge in [0.25, 0.3) is 0 Å². The highest BCUT2D eigenvalue weighted by molar-refractivity contribution is 14.1. The summed E-state index contributed by atoms with van der Waals surface area (Å²) in [6.45, 7) is 3.04. The van der Waals surface area contributed by atoms with Crippen LogP contribution in [0.15, 0.2) is 21.3 Å². The van der Waals surface area contributed by atoms with Crippen molar-refractivity contribution in [1.82, 2.24) is 4.98 Å². The van der Waals surface area contributed by atoms with Crippen molar-refractivity contribution in [2.24, 2.45) is 0 Å². The van der Waals surface area contributed by atoms with Gasteiger partial charge in [0.1, 0.15) is 13.3 Å². The van der Waals surface area contributed by atoms with E-state index in [1.54, 1.807) is 0 Å². The van der Waals surface area contributed by atoms with Gasteiger partial charge in [0.05, 0.1) is 0 Å². The van der Waals surface area contributed by atoms with Gasteiger partial charge in [-0.05, 0) is 78.6 Å². The van der Waals surface area contributed by atoms with Crippen LogP contribution in [0.3, 0.4) is 0 Å². The first-order valence-corrected chi connectivity index (χ1v) is 8.55. The number of unbranched alkanes of at least 4 members (excludes halogenated alkanes) is 3. The van der Waals surface area contributed by atoms with Gasteiger partial charge in [-0.15, -0.1) is 0 Å². The van der Waals surface area contributed by atoms with Crippen LogP contribution in [0.2, 0.25) is 0 Å². The van der Waals surface area contributed by atoms with Crippen LogP contribution < -0.4 is 0 Å². The van der Waals surface area contributed by atoms with Gasteiger partial charge in [-0.25, -0.2) is 4.98 Å². The molecule has 2 nitrogen and oxygen atoms in total. The smallest absolute Gasteiger partial charge is 0.133 e. The normalized spacial score (nSPS) is 12.7. The van der Waals surface area contributed by atoms with Crippen LogP contribution in [-0.2, 0) is 4.74 Å². The molecule has 1 aromatic rings. The molecule has 0 saturated carbocycles. The van der Waals surface area contributed by atoms with Crippen molar-refractivity contribution in [3.63, 3.8) is 0 Å². The minimum Gasteiger partial charge on any atom is -0.363 e. The number of nitrogens with zero attached hydrogens (tertiary/aromatic N) is 1. The highest BCUT2D eigenvalue weighted by Gasteiger charge is 2.09. The Labute approximate surface area is 133 Å². The van der Waals surface area contributed by atoms with E-state index in [1.807, 2.05) is 12.1 Å². The molecule has 1 heterocycles. The van der Waals surface area contributed by atoms with Gasteiger partial charge in [-0.3, -0.25) is 0 Å². The molecular formula is C12H16Br2INO. The Morgan fingerprint density at radius 3 is 2.47 bits per heavy atom. The topological polar surface area (TPSA) is 22.1 Å². The number of pyridine rings is 1. The van der Waals surface area contributed by atoms with E-state index in [0.717, 1.165) is 27.8 Å². The second kappa shape index (κ2) is 8.82. The second-order valence-corrected chi connectivity index (χ2v) is 6.55. The van der Waals surface area contributed by atoms with Gasteiger partial charge >= 0.3 is 0 Å². The summed E-state index contributed by atoms with van der Waals surface area (Å²) in [7, 11) is 0. The standard InChI is InChI=1S/C12H16Br2INO/c1-2-3-4-5-6-17-12(15)9-7-10(13)16-11(14)8-9/h7-8,12H,2-6H2,1H3. The molecule has 1 aromatic heterocycles. The van der Waals surface area contributed by atoms with Crippen molar-refractivity contribution >= 4 is 54.5 Å². The zero-order valence-corrected chi connectivity index (χ0v) is 15.1. The van der Waals surface area contributed by atoms with E-state index in [9.17, 15) is 0 Å². The van der Waals surface area contributed by atoms with Crippen LogP contribution in [0.4, 0.5) is 0 Å². The lowest BCUT2D eigenvalue weighted by Gasteiger charge is -2.12. The average Bonchev–Trinajstić information content (AvgIpc) is 2.27. The quantitative estimate of drug-likeness (QED) is 0.220. The Bertz CT molecular complexity index is 329. The zero-order chi connectivity index (χ0) is 12.7. The Hall–Kier alpha value is 0.800. The van der Waals surface area contributed by atoms with Gasteiger partial charge in [0.2, 0.25) is 0 Å². The van der Waals surface area contributed by atoms with Gasteiger partial charge in [0.15, 0.2) is 0 Å². The number of rotatable bonds is 7. The molecule has 0 radical (unpaired) electrons. The van der Waals surface area contributed by atoms with Crippen molar-refractivity contribution in [3.8, 4) is 0 Å². The fourth-order valence-corrected chi connectivity index (χ4v) is 3.19. The molecule has 0 spiro atoms. The molecule has 0 amide bonds. The molecule has 0 aliphatic carbocycles. The summed E-state index contributed by atoms with van der Waals surface area (Å²) in [6.07, 6.45) is 4.95. The molecule has 1 unspecified atom stereocenters. The highest BCUT2D eigenvalue weighted by Crippen LogP contribution is 2.28. The monoisotopic (exact) mass is 475 g/mol. The Morgan fingerprint density at radius 1 is 1.24 bits per heavy atom. The lowest BCUT2D eigenvalue weighted by molar-refractivity contribution is 0.120. The lowest BCUT2D eigenvalue weighted by atomic mass is 10.2. The van der Waals surface area contributed by atoms with Gasteiger partial charge in [-0.1, -0.05) is 26.2 Å². The molecule has 0 bridgehead atoms. The number of alkyl halides is 1. The molecule has 5 heteroatoms. The molecule has 0 saturated heterocycles. The van der Waals surface area contributed by atoms with Crippen molar-refractivity contribution < 1.29 is 4.74 Å². The maximum absolute atomic E-state index is 5.80. The van der Waals surface area contributed by atoms with E-state index in [4.69, 9.17) is 4.74 Å². The second-order valence-electron chi connectivity index (χ2n) is 3.79. The number of hydrogen-bond acceptors (Lipinski definition) is 2. The first-order chi connectivity index (χ1) is 8.13. The fraction of sp³-hybridized carbons (Fsp3) is 0.583. The minimum atomic E-state index is 0.0878. The predicted octanol–water partition coefficient (Wildman–Crippen LogP) is 5.64. The summed E-state index contributed by atoms with van der Waals surface area (Å²) in [6, 6.07) is 3.99. The molecule has 17 heavy (non-hydrogen) atoms. The summed E-state index contributed by atoms with van der Waals surface area (Å²) < 4.78 is 7.55. The van der Waals surface area contributed by atoms with Crippen molar-refractivity contribution in [2.45, 2.75) is 36.7 Å². The Morgan fingerprint density at radius 2 is 1.88 bits per heavy atom. The third-order valence-electron chi connectivity index (χ3n) is 2.31. The SMILES string of the molecule is CCCCCCOC(I)c1cc(Br)nc(Br)c1. The number of aromatic nitrogens is 1. The van der Waals surface area contributed by atoms with E-state index in [0.29, 0.717) is 0 Å². The first-order valence-electron chi connectivity index (χ1n) is 5.72. The number of hydrogen-bond donors (Lipinski definition) is 0. The van der Waals surface area contributed by atoms with Crippen LogP contribution >= 0.6 is 54.5 Å². The van der Waals surface area contributed by atoms with E-state index in [1.165, 1.54) is 19.3 Å². The van der Waals surface area contributed by atoms with Crippen LogP contribution in [0.25, 0.3) is 0 Å². The minimum absolute atomic E-state index is 0.0878. The molecule has 1 atom stereocenters. The van der Waals surface area contributed by atoms with Crippen molar-refractivity contribution in [2.75, 3.05) is 6.61 Å². The third-order valence-corrected chi connectivity index (χ3v) is 4.20. The van der Waals surface area contributed by atoms with Gasteiger partial charge in [-0.2, -0.15) is 0 Å². The molecule has 96 valence electrons. The molecule has 0 fully saturated rings. The fourth-order valence-electron chi connectivity index (χ4n) is 1.43. The van der Waals surface area contributed by atoms with E-state index in [2.05, 4.69) is 66.4 Å². The maximum Gasteiger partial charge on any atom is 0.133 e. The summed E-state index contributed by atoms with van der Waals surface area (Å²) in [5, 5.41) is 0. The zero-order valence-electron chi connectivity index (χ0n) is 9.76. The van der Waals surface area contributed by atoms with Crippen molar-refractivity contribution in [3.05, 3.63) is 26.9 Å². The van der Waals surface area contributed by atoms with E-state index < -0.39 is 0 Å². The maximum atomic E-state index is 5.80. The van der Waals surface area contributed by atoms with Crippen LogP contribution in [0, 0.1) is 0 Å². The summed E-state index contributed by atoms with van der Waals surface area (Å²) in [4.78, 5) is 4.21.